The van der Waals surface area contributed by atoms with Gasteiger partial charge >= 0.3 is 11.9 Å². The molecule has 6 nitrogen and oxygen atoms in total. The monoisotopic (exact) mass is 344 g/mol. The van der Waals surface area contributed by atoms with Crippen LogP contribution in [0.4, 0.5) is 5.69 Å². The summed E-state index contributed by atoms with van der Waals surface area (Å²) in [6.45, 7) is 5.24. The van der Waals surface area contributed by atoms with Crippen molar-refractivity contribution >= 4 is 17.6 Å². The van der Waals surface area contributed by atoms with Crippen LogP contribution in [-0.2, 0) is 25.5 Å². The highest BCUT2D eigenvalue weighted by Crippen LogP contribution is 2.23. The van der Waals surface area contributed by atoms with Gasteiger partial charge in [-0.3, -0.25) is 0 Å². The molecule has 2 heterocycles. The SMILES string of the molecule is CC1(C)OC(=O)C(=CNc2ccc(CC3CCNCC3)cc2)C(=O)O1. The standard InChI is InChI=1S/C19H24N2O4/c1-19(2)24-17(22)16(18(23)25-19)12-21-15-5-3-13(4-6-15)11-14-7-9-20-10-8-14/h3-6,12,14,20-21H,7-11H2,1-2H3. The summed E-state index contributed by atoms with van der Waals surface area (Å²) in [5, 5.41) is 6.34. The topological polar surface area (TPSA) is 76.7 Å². The fraction of sp³-hybridized carbons (Fsp3) is 0.474. The molecule has 6 heteroatoms. The lowest BCUT2D eigenvalue weighted by molar-refractivity contribution is -0.222. The first kappa shape index (κ1) is 17.5. The Kier molecular flexibility index (Phi) is 5.08. The van der Waals surface area contributed by atoms with Gasteiger partial charge in [-0.05, 0) is 56.0 Å². The van der Waals surface area contributed by atoms with E-state index in [0.29, 0.717) is 0 Å². The zero-order valence-corrected chi connectivity index (χ0v) is 14.6. The molecule has 2 aliphatic heterocycles. The predicted octanol–water partition coefficient (Wildman–Crippen LogP) is 2.36. The number of esters is 2. The fourth-order valence-electron chi connectivity index (χ4n) is 3.09. The molecule has 3 rings (SSSR count). The van der Waals surface area contributed by atoms with Crippen LogP contribution in [-0.4, -0.2) is 30.8 Å². The summed E-state index contributed by atoms with van der Waals surface area (Å²) in [6.07, 6.45) is 4.85. The maximum atomic E-state index is 11.9. The largest absolute Gasteiger partial charge is 0.419 e. The Morgan fingerprint density at radius 3 is 2.32 bits per heavy atom. The first-order valence-electron chi connectivity index (χ1n) is 8.66. The summed E-state index contributed by atoms with van der Waals surface area (Å²) in [7, 11) is 0. The lowest BCUT2D eigenvalue weighted by Gasteiger charge is -2.29. The quantitative estimate of drug-likeness (QED) is 0.496. The van der Waals surface area contributed by atoms with Crippen molar-refractivity contribution in [3.05, 3.63) is 41.6 Å². The Hall–Kier alpha value is -2.34. The van der Waals surface area contributed by atoms with Crippen LogP contribution in [0.15, 0.2) is 36.0 Å². The Morgan fingerprint density at radius 1 is 1.12 bits per heavy atom. The molecule has 2 aliphatic rings. The van der Waals surface area contributed by atoms with Gasteiger partial charge in [0.1, 0.15) is 0 Å². The molecule has 2 N–H and O–H groups in total. The van der Waals surface area contributed by atoms with E-state index in [1.807, 2.05) is 12.1 Å². The van der Waals surface area contributed by atoms with E-state index in [-0.39, 0.29) is 5.57 Å². The van der Waals surface area contributed by atoms with Crippen molar-refractivity contribution in [1.29, 1.82) is 0 Å². The van der Waals surface area contributed by atoms with Crippen molar-refractivity contribution < 1.29 is 19.1 Å². The third kappa shape index (κ3) is 4.60. The number of nitrogens with one attached hydrogen (secondary N) is 2. The van der Waals surface area contributed by atoms with Crippen LogP contribution in [0.25, 0.3) is 0 Å². The molecule has 25 heavy (non-hydrogen) atoms. The van der Waals surface area contributed by atoms with Crippen molar-refractivity contribution in [3.63, 3.8) is 0 Å². The highest BCUT2D eigenvalue weighted by molar-refractivity contribution is 6.15. The second kappa shape index (κ2) is 7.27. The van der Waals surface area contributed by atoms with Crippen LogP contribution in [0.2, 0.25) is 0 Å². The van der Waals surface area contributed by atoms with Crippen molar-refractivity contribution in [1.82, 2.24) is 5.32 Å². The molecule has 0 spiro atoms. The summed E-state index contributed by atoms with van der Waals surface area (Å²) in [4.78, 5) is 23.8. The minimum absolute atomic E-state index is 0.141. The summed E-state index contributed by atoms with van der Waals surface area (Å²) in [6, 6.07) is 8.03. The third-order valence-corrected chi connectivity index (χ3v) is 4.44. The first-order valence-corrected chi connectivity index (χ1v) is 8.66. The summed E-state index contributed by atoms with van der Waals surface area (Å²) >= 11 is 0. The molecule has 0 unspecified atom stereocenters. The maximum Gasteiger partial charge on any atom is 0.350 e. The smallest absolute Gasteiger partial charge is 0.350 e. The number of rotatable bonds is 4. The summed E-state index contributed by atoms with van der Waals surface area (Å²) in [5.41, 5.74) is 1.95. The van der Waals surface area contributed by atoms with Crippen molar-refractivity contribution in [3.8, 4) is 0 Å². The molecular weight excluding hydrogens is 320 g/mol. The Morgan fingerprint density at radius 2 is 1.72 bits per heavy atom. The van der Waals surface area contributed by atoms with Gasteiger partial charge in [0.15, 0.2) is 5.57 Å². The van der Waals surface area contributed by atoms with Gasteiger partial charge in [-0.2, -0.15) is 0 Å². The molecule has 2 saturated heterocycles. The zero-order valence-electron chi connectivity index (χ0n) is 14.6. The first-order chi connectivity index (χ1) is 11.9. The number of ether oxygens (including phenoxy) is 2. The number of piperidine rings is 1. The van der Waals surface area contributed by atoms with Gasteiger partial charge in [0.25, 0.3) is 5.79 Å². The van der Waals surface area contributed by atoms with E-state index >= 15 is 0 Å². The van der Waals surface area contributed by atoms with Crippen LogP contribution in [0.5, 0.6) is 0 Å². The van der Waals surface area contributed by atoms with E-state index in [9.17, 15) is 9.59 Å². The minimum Gasteiger partial charge on any atom is -0.419 e. The number of carbonyl (C=O) groups is 2. The molecule has 1 aromatic rings. The van der Waals surface area contributed by atoms with Crippen molar-refractivity contribution in [2.75, 3.05) is 18.4 Å². The highest BCUT2D eigenvalue weighted by Gasteiger charge is 2.38. The highest BCUT2D eigenvalue weighted by atomic mass is 16.7. The Bertz CT molecular complexity index is 651. The lowest BCUT2D eigenvalue weighted by atomic mass is 9.91. The molecule has 1 aromatic carbocycles. The van der Waals surface area contributed by atoms with E-state index in [1.54, 1.807) is 0 Å². The molecule has 0 atom stereocenters. The summed E-state index contributed by atoms with van der Waals surface area (Å²) in [5.74, 6) is -1.85. The molecule has 0 radical (unpaired) electrons. The number of carbonyl (C=O) groups excluding carboxylic acids is 2. The average Bonchev–Trinajstić information content (AvgIpc) is 2.55. The Balaban J connectivity index is 1.59. The van der Waals surface area contributed by atoms with E-state index in [0.717, 1.165) is 31.1 Å². The molecular formula is C19H24N2O4. The normalized spacial score (nSPS) is 20.6. The van der Waals surface area contributed by atoms with Crippen molar-refractivity contribution in [2.45, 2.75) is 38.9 Å². The summed E-state index contributed by atoms with van der Waals surface area (Å²) < 4.78 is 10.1. The van der Waals surface area contributed by atoms with Gasteiger partial charge in [0, 0.05) is 25.7 Å². The number of anilines is 1. The van der Waals surface area contributed by atoms with Crippen LogP contribution < -0.4 is 10.6 Å². The van der Waals surface area contributed by atoms with E-state index in [1.165, 1.54) is 38.5 Å². The lowest BCUT2D eigenvalue weighted by Crippen LogP contribution is -2.42. The van der Waals surface area contributed by atoms with Gasteiger partial charge in [-0.1, -0.05) is 12.1 Å². The fourth-order valence-corrected chi connectivity index (χ4v) is 3.09. The number of hydrogen-bond acceptors (Lipinski definition) is 6. The average molecular weight is 344 g/mol. The molecule has 0 aromatic heterocycles. The van der Waals surface area contributed by atoms with Crippen LogP contribution in [0.3, 0.4) is 0 Å². The van der Waals surface area contributed by atoms with Gasteiger partial charge < -0.3 is 20.1 Å². The van der Waals surface area contributed by atoms with Gasteiger partial charge in [-0.25, -0.2) is 9.59 Å². The van der Waals surface area contributed by atoms with Gasteiger partial charge in [0.05, 0.1) is 0 Å². The van der Waals surface area contributed by atoms with Crippen LogP contribution >= 0.6 is 0 Å². The molecule has 134 valence electrons. The molecule has 2 fully saturated rings. The van der Waals surface area contributed by atoms with Crippen LogP contribution in [0.1, 0.15) is 32.3 Å². The molecule has 0 saturated carbocycles. The predicted molar refractivity (Wildman–Crippen MR) is 93.7 cm³/mol. The number of benzene rings is 1. The van der Waals surface area contributed by atoms with E-state index in [2.05, 4.69) is 22.8 Å². The molecule has 0 amide bonds. The number of hydrogen-bond donors (Lipinski definition) is 2. The second-order valence-electron chi connectivity index (χ2n) is 6.98. The zero-order chi connectivity index (χ0) is 17.9. The van der Waals surface area contributed by atoms with Crippen molar-refractivity contribution in [2.24, 2.45) is 5.92 Å². The van der Waals surface area contributed by atoms with Crippen LogP contribution in [0, 0.1) is 5.92 Å². The van der Waals surface area contributed by atoms with E-state index < -0.39 is 17.7 Å². The molecule has 0 bridgehead atoms. The molecule has 0 aliphatic carbocycles. The number of cyclic esters (lactones) is 2. The second-order valence-corrected chi connectivity index (χ2v) is 6.98. The van der Waals surface area contributed by atoms with Gasteiger partial charge in [-0.15, -0.1) is 0 Å². The maximum absolute atomic E-state index is 11.9. The third-order valence-electron chi connectivity index (χ3n) is 4.44. The van der Waals surface area contributed by atoms with Gasteiger partial charge in [0.2, 0.25) is 0 Å². The minimum atomic E-state index is -1.22. The Labute approximate surface area is 147 Å². The van der Waals surface area contributed by atoms with E-state index in [4.69, 9.17) is 9.47 Å².